The van der Waals surface area contributed by atoms with Crippen molar-refractivity contribution in [1.29, 1.82) is 0 Å². The predicted molar refractivity (Wildman–Crippen MR) is 75.4 cm³/mol. The molecule has 0 aliphatic carbocycles. The number of aryl methyl sites for hydroxylation is 1. The lowest BCUT2D eigenvalue weighted by Gasteiger charge is -2.22. The van der Waals surface area contributed by atoms with Crippen molar-refractivity contribution in [3.05, 3.63) is 40.9 Å². The van der Waals surface area contributed by atoms with E-state index in [-0.39, 0.29) is 6.61 Å². The number of rotatable bonds is 5. The lowest BCUT2D eigenvalue weighted by molar-refractivity contribution is -0.135. The van der Waals surface area contributed by atoms with Crippen molar-refractivity contribution in [2.75, 3.05) is 18.1 Å². The van der Waals surface area contributed by atoms with E-state index in [9.17, 15) is 9.59 Å². The second-order valence-electron chi connectivity index (χ2n) is 3.78. The van der Waals surface area contributed by atoms with Crippen LogP contribution >= 0.6 is 15.9 Å². The molecule has 1 rings (SSSR count). The molecule has 0 fully saturated rings. The molecule has 1 aromatic carbocycles. The summed E-state index contributed by atoms with van der Waals surface area (Å²) in [7, 11) is 0. The van der Waals surface area contributed by atoms with E-state index in [2.05, 4.69) is 22.5 Å². The van der Waals surface area contributed by atoms with Crippen LogP contribution in [0.1, 0.15) is 5.56 Å². The van der Waals surface area contributed by atoms with Gasteiger partial charge in [-0.1, -0.05) is 28.6 Å². The number of hydrogen-bond donors (Lipinski definition) is 1. The number of carbonyl (C=O) groups excluding carboxylic acids is 1. The van der Waals surface area contributed by atoms with Gasteiger partial charge in [0.1, 0.15) is 13.2 Å². The van der Waals surface area contributed by atoms with E-state index in [1.54, 1.807) is 25.1 Å². The first kappa shape index (κ1) is 15.2. The molecule has 6 heteroatoms. The Balaban J connectivity index is 3.04. The number of nitrogens with zero attached hydrogens (tertiary/aromatic N) is 1. The van der Waals surface area contributed by atoms with Gasteiger partial charge in [-0.2, -0.15) is 0 Å². The molecule has 0 bridgehead atoms. The van der Waals surface area contributed by atoms with Gasteiger partial charge in [-0.15, -0.1) is 0 Å². The van der Waals surface area contributed by atoms with Crippen molar-refractivity contribution in [1.82, 2.24) is 0 Å². The van der Waals surface area contributed by atoms with Gasteiger partial charge in [0.25, 0.3) is 0 Å². The summed E-state index contributed by atoms with van der Waals surface area (Å²) in [6.45, 7) is 4.80. The molecule has 5 nitrogen and oxygen atoms in total. The zero-order valence-corrected chi connectivity index (χ0v) is 12.0. The molecule has 0 saturated carbocycles. The first-order chi connectivity index (χ1) is 8.95. The molecular weight excluding hydrogens is 314 g/mol. The van der Waals surface area contributed by atoms with E-state index in [1.165, 1.54) is 6.08 Å². The minimum absolute atomic E-state index is 0.0323. The van der Waals surface area contributed by atoms with Crippen LogP contribution in [-0.4, -0.2) is 30.3 Å². The van der Waals surface area contributed by atoms with E-state index in [1.807, 2.05) is 0 Å². The standard InChI is InChI=1S/C13H14BrNO4/c1-3-6-19-13(18)15(8-12(16)17)11-5-4-10(14)7-9(11)2/h3-5,7H,1,6,8H2,2H3,(H,16,17). The average Bonchev–Trinajstić information content (AvgIpc) is 2.33. The Labute approximate surface area is 119 Å². The number of carboxylic acids is 1. The Morgan fingerprint density at radius 2 is 2.21 bits per heavy atom. The highest BCUT2D eigenvalue weighted by Crippen LogP contribution is 2.24. The lowest BCUT2D eigenvalue weighted by Crippen LogP contribution is -2.36. The van der Waals surface area contributed by atoms with Gasteiger partial charge >= 0.3 is 12.1 Å². The third-order valence-electron chi connectivity index (χ3n) is 2.29. The number of hydrogen-bond acceptors (Lipinski definition) is 3. The second kappa shape index (κ2) is 6.94. The molecule has 0 unspecified atom stereocenters. The highest BCUT2D eigenvalue weighted by Gasteiger charge is 2.21. The van der Waals surface area contributed by atoms with Crippen LogP contribution in [0.3, 0.4) is 0 Å². The summed E-state index contributed by atoms with van der Waals surface area (Å²) >= 11 is 3.31. The van der Waals surface area contributed by atoms with Crippen LogP contribution in [0.25, 0.3) is 0 Å². The number of halogens is 1. The Hall–Kier alpha value is -1.82. The number of carboxylic acid groups (broad SMARTS) is 1. The Morgan fingerprint density at radius 1 is 1.53 bits per heavy atom. The molecule has 0 spiro atoms. The highest BCUT2D eigenvalue weighted by molar-refractivity contribution is 9.10. The molecule has 0 aliphatic heterocycles. The Bertz CT molecular complexity index is 501. The van der Waals surface area contributed by atoms with Crippen LogP contribution in [0.5, 0.6) is 0 Å². The molecule has 0 aromatic heterocycles. The van der Waals surface area contributed by atoms with Gasteiger partial charge in [0.2, 0.25) is 0 Å². The maximum atomic E-state index is 11.9. The van der Waals surface area contributed by atoms with Gasteiger partial charge in [0, 0.05) is 4.47 Å². The molecule has 1 N–H and O–H groups in total. The number of ether oxygens (including phenoxy) is 1. The topological polar surface area (TPSA) is 66.8 Å². The maximum Gasteiger partial charge on any atom is 0.415 e. The fourth-order valence-corrected chi connectivity index (χ4v) is 1.99. The predicted octanol–water partition coefficient (Wildman–Crippen LogP) is 2.97. The molecule has 0 aliphatic rings. The summed E-state index contributed by atoms with van der Waals surface area (Å²) < 4.78 is 5.74. The quantitative estimate of drug-likeness (QED) is 0.844. The van der Waals surface area contributed by atoms with Crippen molar-refractivity contribution >= 4 is 33.7 Å². The first-order valence-electron chi connectivity index (χ1n) is 5.49. The van der Waals surface area contributed by atoms with E-state index >= 15 is 0 Å². The summed E-state index contributed by atoms with van der Waals surface area (Å²) in [5.41, 5.74) is 1.27. The van der Waals surface area contributed by atoms with Crippen LogP contribution in [-0.2, 0) is 9.53 Å². The van der Waals surface area contributed by atoms with Gasteiger partial charge in [0.05, 0.1) is 5.69 Å². The van der Waals surface area contributed by atoms with Crippen molar-refractivity contribution in [2.24, 2.45) is 0 Å². The third kappa shape index (κ3) is 4.40. The van der Waals surface area contributed by atoms with Crippen LogP contribution in [0.2, 0.25) is 0 Å². The summed E-state index contributed by atoms with van der Waals surface area (Å²) in [4.78, 5) is 23.8. The highest BCUT2D eigenvalue weighted by atomic mass is 79.9. The molecule has 0 radical (unpaired) electrons. The van der Waals surface area contributed by atoms with E-state index < -0.39 is 18.6 Å². The lowest BCUT2D eigenvalue weighted by atomic mass is 10.2. The van der Waals surface area contributed by atoms with Crippen molar-refractivity contribution in [3.8, 4) is 0 Å². The minimum atomic E-state index is -1.11. The summed E-state index contributed by atoms with van der Waals surface area (Å²) in [6, 6.07) is 5.19. The summed E-state index contributed by atoms with van der Waals surface area (Å²) in [6.07, 6.45) is 0.707. The summed E-state index contributed by atoms with van der Waals surface area (Å²) in [5, 5.41) is 8.89. The average molecular weight is 328 g/mol. The van der Waals surface area contributed by atoms with Crippen LogP contribution in [0.15, 0.2) is 35.3 Å². The first-order valence-corrected chi connectivity index (χ1v) is 6.28. The van der Waals surface area contributed by atoms with Crippen molar-refractivity contribution in [3.63, 3.8) is 0 Å². The largest absolute Gasteiger partial charge is 0.480 e. The summed E-state index contributed by atoms with van der Waals surface area (Å²) in [5.74, 6) is -1.11. The normalized spacial score (nSPS) is 9.79. The van der Waals surface area contributed by atoms with E-state index in [0.717, 1.165) is 14.9 Å². The second-order valence-corrected chi connectivity index (χ2v) is 4.69. The van der Waals surface area contributed by atoms with Gasteiger partial charge in [-0.25, -0.2) is 4.79 Å². The van der Waals surface area contributed by atoms with Crippen LogP contribution < -0.4 is 4.90 Å². The van der Waals surface area contributed by atoms with Gasteiger partial charge in [0.15, 0.2) is 0 Å². The smallest absolute Gasteiger partial charge is 0.415 e. The van der Waals surface area contributed by atoms with Crippen LogP contribution in [0.4, 0.5) is 10.5 Å². The van der Waals surface area contributed by atoms with Crippen LogP contribution in [0, 0.1) is 6.92 Å². The Morgan fingerprint density at radius 3 is 2.74 bits per heavy atom. The fourth-order valence-electron chi connectivity index (χ4n) is 1.51. The molecule has 102 valence electrons. The van der Waals surface area contributed by atoms with Gasteiger partial charge in [-0.05, 0) is 30.7 Å². The third-order valence-corrected chi connectivity index (χ3v) is 2.78. The monoisotopic (exact) mass is 327 g/mol. The minimum Gasteiger partial charge on any atom is -0.480 e. The molecular formula is C13H14BrNO4. The van der Waals surface area contributed by atoms with Gasteiger partial charge < -0.3 is 9.84 Å². The molecule has 0 atom stereocenters. The number of amides is 1. The zero-order chi connectivity index (χ0) is 14.4. The maximum absolute atomic E-state index is 11.9. The SMILES string of the molecule is C=CCOC(=O)N(CC(=O)O)c1ccc(Br)cc1C. The van der Waals surface area contributed by atoms with Crippen molar-refractivity contribution < 1.29 is 19.4 Å². The van der Waals surface area contributed by atoms with E-state index in [4.69, 9.17) is 9.84 Å². The number of carbonyl (C=O) groups is 2. The van der Waals surface area contributed by atoms with Gasteiger partial charge in [-0.3, -0.25) is 9.69 Å². The number of aliphatic carboxylic acids is 1. The fraction of sp³-hybridized carbons (Fsp3) is 0.231. The molecule has 19 heavy (non-hydrogen) atoms. The zero-order valence-electron chi connectivity index (χ0n) is 10.4. The number of benzene rings is 1. The molecule has 0 heterocycles. The Kier molecular flexibility index (Phi) is 5.57. The molecule has 0 saturated heterocycles. The molecule has 1 aromatic rings. The number of anilines is 1. The van der Waals surface area contributed by atoms with Crippen molar-refractivity contribution in [2.45, 2.75) is 6.92 Å². The molecule has 1 amide bonds. The van der Waals surface area contributed by atoms with E-state index in [0.29, 0.717) is 5.69 Å².